The van der Waals surface area contributed by atoms with Gasteiger partial charge >= 0.3 is 0 Å². The normalized spacial score (nSPS) is 11.1. The zero-order chi connectivity index (χ0) is 14.5. The van der Waals surface area contributed by atoms with Gasteiger partial charge in [0.1, 0.15) is 5.75 Å². The molecule has 0 unspecified atom stereocenters. The van der Waals surface area contributed by atoms with Crippen molar-refractivity contribution in [2.24, 2.45) is 5.10 Å². The lowest BCUT2D eigenvalue weighted by molar-refractivity contribution is 0.415. The summed E-state index contributed by atoms with van der Waals surface area (Å²) in [5.41, 5.74) is 6.36. The van der Waals surface area contributed by atoms with Crippen molar-refractivity contribution in [1.29, 1.82) is 0 Å². The van der Waals surface area contributed by atoms with E-state index in [9.17, 15) is 0 Å². The lowest BCUT2D eigenvalue weighted by atomic mass is 10.2. The molecule has 3 aromatic rings. The number of aromatic nitrogens is 1. The van der Waals surface area contributed by atoms with E-state index in [2.05, 4.69) is 27.6 Å². The highest BCUT2D eigenvalue weighted by atomic mass is 16.5. The van der Waals surface area contributed by atoms with E-state index in [1.807, 2.05) is 48.8 Å². The molecule has 0 aliphatic rings. The number of ether oxygens (including phenoxy) is 1. The number of methoxy groups -OCH3 is 1. The summed E-state index contributed by atoms with van der Waals surface area (Å²) >= 11 is 0. The Hall–Kier alpha value is -2.75. The van der Waals surface area contributed by atoms with E-state index in [1.165, 1.54) is 5.56 Å². The number of hydrogen-bond donors (Lipinski definition) is 2. The van der Waals surface area contributed by atoms with Gasteiger partial charge in [-0.2, -0.15) is 5.10 Å². The molecule has 0 saturated carbocycles. The van der Waals surface area contributed by atoms with Crippen LogP contribution in [0.1, 0.15) is 11.1 Å². The second-order valence-electron chi connectivity index (χ2n) is 4.73. The number of fused-ring (bicyclic) bond motifs is 1. The summed E-state index contributed by atoms with van der Waals surface area (Å²) in [6.07, 6.45) is 3.76. The second-order valence-corrected chi connectivity index (χ2v) is 4.73. The Morgan fingerprint density at radius 1 is 1.19 bits per heavy atom. The summed E-state index contributed by atoms with van der Waals surface area (Å²) in [6, 6.07) is 16.1. The van der Waals surface area contributed by atoms with Crippen LogP contribution in [-0.4, -0.2) is 18.3 Å². The molecule has 1 aromatic heterocycles. The van der Waals surface area contributed by atoms with Gasteiger partial charge in [0.05, 0.1) is 19.9 Å². The SMILES string of the molecule is COc1ccc2[nH]cc(C=NNCc3ccccc3)c2c1. The van der Waals surface area contributed by atoms with E-state index >= 15 is 0 Å². The second kappa shape index (κ2) is 6.13. The first-order valence-electron chi connectivity index (χ1n) is 6.82. The molecule has 0 atom stereocenters. The number of nitrogens with one attached hydrogen (secondary N) is 2. The Labute approximate surface area is 123 Å². The van der Waals surface area contributed by atoms with Gasteiger partial charge in [-0.25, -0.2) is 0 Å². The first-order chi connectivity index (χ1) is 10.4. The standard InChI is InChI=1S/C17H17N3O/c1-21-15-7-8-17-16(9-15)14(11-18-17)12-20-19-10-13-5-3-2-4-6-13/h2-9,11-12,18-19H,10H2,1H3. The number of hydrazone groups is 1. The van der Waals surface area contributed by atoms with Crippen molar-refractivity contribution >= 4 is 17.1 Å². The van der Waals surface area contributed by atoms with Gasteiger partial charge in [0.15, 0.2) is 0 Å². The molecule has 21 heavy (non-hydrogen) atoms. The monoisotopic (exact) mass is 279 g/mol. The minimum Gasteiger partial charge on any atom is -0.497 e. The molecule has 0 saturated heterocycles. The summed E-state index contributed by atoms with van der Waals surface area (Å²) in [7, 11) is 1.67. The fraction of sp³-hybridized carbons (Fsp3) is 0.118. The third-order valence-electron chi connectivity index (χ3n) is 3.34. The molecule has 4 nitrogen and oxygen atoms in total. The Balaban J connectivity index is 1.71. The molecule has 106 valence electrons. The summed E-state index contributed by atoms with van der Waals surface area (Å²) in [6.45, 7) is 0.711. The van der Waals surface area contributed by atoms with Crippen LogP contribution in [0.5, 0.6) is 5.75 Å². The lowest BCUT2D eigenvalue weighted by Gasteiger charge is -2.00. The third-order valence-corrected chi connectivity index (χ3v) is 3.34. The molecule has 0 aliphatic carbocycles. The molecule has 0 fully saturated rings. The predicted molar refractivity (Wildman–Crippen MR) is 85.7 cm³/mol. The van der Waals surface area contributed by atoms with Crippen molar-refractivity contribution in [2.45, 2.75) is 6.54 Å². The van der Waals surface area contributed by atoms with Crippen molar-refractivity contribution in [1.82, 2.24) is 10.4 Å². The zero-order valence-electron chi connectivity index (χ0n) is 11.8. The van der Waals surface area contributed by atoms with Gasteiger partial charge in [-0.15, -0.1) is 0 Å². The molecule has 3 rings (SSSR count). The molecule has 0 spiro atoms. The highest BCUT2D eigenvalue weighted by Crippen LogP contribution is 2.22. The van der Waals surface area contributed by atoms with Gasteiger partial charge in [-0.05, 0) is 23.8 Å². The van der Waals surface area contributed by atoms with Gasteiger partial charge in [0.2, 0.25) is 0 Å². The van der Waals surface area contributed by atoms with Crippen molar-refractivity contribution in [3.8, 4) is 5.75 Å². The van der Waals surface area contributed by atoms with Crippen molar-refractivity contribution in [2.75, 3.05) is 7.11 Å². The first kappa shape index (κ1) is 13.2. The minimum atomic E-state index is 0.711. The van der Waals surface area contributed by atoms with E-state index in [0.29, 0.717) is 6.54 Å². The van der Waals surface area contributed by atoms with Gasteiger partial charge in [0, 0.05) is 22.7 Å². The fourth-order valence-corrected chi connectivity index (χ4v) is 2.20. The maximum Gasteiger partial charge on any atom is 0.119 e. The zero-order valence-corrected chi connectivity index (χ0v) is 11.8. The Kier molecular flexibility index (Phi) is 3.87. The average molecular weight is 279 g/mol. The smallest absolute Gasteiger partial charge is 0.119 e. The molecule has 0 radical (unpaired) electrons. The van der Waals surface area contributed by atoms with Gasteiger partial charge < -0.3 is 15.1 Å². The van der Waals surface area contributed by atoms with Crippen molar-refractivity contribution in [3.05, 3.63) is 65.9 Å². The number of benzene rings is 2. The summed E-state index contributed by atoms with van der Waals surface area (Å²) in [5.74, 6) is 0.842. The van der Waals surface area contributed by atoms with Crippen molar-refractivity contribution in [3.63, 3.8) is 0 Å². The van der Waals surface area contributed by atoms with Crippen LogP contribution in [0, 0.1) is 0 Å². The number of rotatable bonds is 5. The van der Waals surface area contributed by atoms with Crippen molar-refractivity contribution < 1.29 is 4.74 Å². The topological polar surface area (TPSA) is 49.4 Å². The van der Waals surface area contributed by atoms with Crippen LogP contribution in [0.25, 0.3) is 10.9 Å². The van der Waals surface area contributed by atoms with Gasteiger partial charge in [-0.3, -0.25) is 0 Å². The minimum absolute atomic E-state index is 0.711. The number of aromatic amines is 1. The maximum absolute atomic E-state index is 5.26. The Morgan fingerprint density at radius 2 is 2.05 bits per heavy atom. The lowest BCUT2D eigenvalue weighted by Crippen LogP contribution is -2.05. The Morgan fingerprint density at radius 3 is 2.86 bits per heavy atom. The molecule has 0 bridgehead atoms. The molecule has 1 heterocycles. The predicted octanol–water partition coefficient (Wildman–Crippen LogP) is 3.30. The molecule has 4 heteroatoms. The maximum atomic E-state index is 5.26. The number of hydrogen-bond acceptors (Lipinski definition) is 3. The molecule has 0 amide bonds. The van der Waals surface area contributed by atoms with E-state index in [1.54, 1.807) is 7.11 Å². The van der Waals surface area contributed by atoms with Crippen LogP contribution in [0.3, 0.4) is 0 Å². The molecule has 2 aromatic carbocycles. The Bertz CT molecular complexity index is 747. The fourth-order valence-electron chi connectivity index (χ4n) is 2.20. The van der Waals surface area contributed by atoms with Crippen LogP contribution in [0.4, 0.5) is 0 Å². The highest BCUT2D eigenvalue weighted by molar-refractivity contribution is 5.99. The molecule has 0 aliphatic heterocycles. The van der Waals surface area contributed by atoms with Crippen LogP contribution in [-0.2, 0) is 6.54 Å². The summed E-state index contributed by atoms with van der Waals surface area (Å²) in [4.78, 5) is 3.22. The quantitative estimate of drug-likeness (QED) is 0.556. The van der Waals surface area contributed by atoms with Crippen LogP contribution in [0.2, 0.25) is 0 Å². The van der Waals surface area contributed by atoms with E-state index < -0.39 is 0 Å². The molecule has 2 N–H and O–H groups in total. The van der Waals surface area contributed by atoms with Crippen LogP contribution < -0.4 is 10.2 Å². The third kappa shape index (κ3) is 3.05. The van der Waals surface area contributed by atoms with Crippen LogP contribution >= 0.6 is 0 Å². The van der Waals surface area contributed by atoms with E-state index in [4.69, 9.17) is 4.74 Å². The van der Waals surface area contributed by atoms with Crippen LogP contribution in [0.15, 0.2) is 59.8 Å². The number of H-pyrrole nitrogens is 1. The first-order valence-corrected chi connectivity index (χ1v) is 6.82. The largest absolute Gasteiger partial charge is 0.497 e. The van der Waals surface area contributed by atoms with Gasteiger partial charge in [-0.1, -0.05) is 30.3 Å². The number of nitrogens with zero attached hydrogens (tertiary/aromatic N) is 1. The highest BCUT2D eigenvalue weighted by Gasteiger charge is 2.02. The van der Waals surface area contributed by atoms with E-state index in [-0.39, 0.29) is 0 Å². The van der Waals surface area contributed by atoms with E-state index in [0.717, 1.165) is 22.2 Å². The summed E-state index contributed by atoms with van der Waals surface area (Å²) in [5, 5.41) is 5.38. The molecular formula is C17H17N3O. The molecular weight excluding hydrogens is 262 g/mol. The summed E-state index contributed by atoms with van der Waals surface area (Å²) < 4.78 is 5.26. The van der Waals surface area contributed by atoms with Gasteiger partial charge in [0.25, 0.3) is 0 Å². The average Bonchev–Trinajstić information content (AvgIpc) is 2.95.